The third kappa shape index (κ3) is 4.36. The quantitative estimate of drug-likeness (QED) is 0.389. The second-order valence-corrected chi connectivity index (χ2v) is 8.23. The first-order valence-corrected chi connectivity index (χ1v) is 10.5. The van der Waals surface area contributed by atoms with Crippen LogP contribution in [0.4, 0.5) is 26.2 Å². The standard InChI is InChI=1S/C20H16F2N6O2S/c1-23-19-12(6-7-31(29,30)18-5-2-13(21)8-15(18)22)10-24-20(28-19)27-14-3-4-16-17(9-14)26-11-25-16/h2-11H,1H3,(H,25,26)(H2,23,24,27,28). The number of hydrogen-bond donors (Lipinski definition) is 3. The number of aromatic nitrogens is 4. The summed E-state index contributed by atoms with van der Waals surface area (Å²) in [7, 11) is -2.52. The molecule has 4 aromatic rings. The minimum absolute atomic E-state index is 0.281. The molecule has 2 heterocycles. The van der Waals surface area contributed by atoms with Crippen LogP contribution >= 0.6 is 0 Å². The molecule has 0 radical (unpaired) electrons. The molecule has 0 saturated carbocycles. The van der Waals surface area contributed by atoms with Gasteiger partial charge in [0.05, 0.1) is 17.4 Å². The molecule has 3 N–H and O–H groups in total. The lowest BCUT2D eigenvalue weighted by atomic mass is 10.3. The van der Waals surface area contributed by atoms with Crippen molar-refractivity contribution in [3.05, 3.63) is 71.5 Å². The van der Waals surface area contributed by atoms with Gasteiger partial charge < -0.3 is 15.6 Å². The lowest BCUT2D eigenvalue weighted by Crippen LogP contribution is -2.03. The average molecular weight is 442 g/mol. The first-order valence-electron chi connectivity index (χ1n) is 8.99. The van der Waals surface area contributed by atoms with Crippen molar-refractivity contribution in [2.75, 3.05) is 17.7 Å². The molecule has 0 aliphatic carbocycles. The van der Waals surface area contributed by atoms with Crippen LogP contribution in [0.25, 0.3) is 17.1 Å². The van der Waals surface area contributed by atoms with E-state index in [9.17, 15) is 17.2 Å². The minimum Gasteiger partial charge on any atom is -0.372 e. The van der Waals surface area contributed by atoms with E-state index in [0.29, 0.717) is 17.4 Å². The summed E-state index contributed by atoms with van der Waals surface area (Å²) in [6.07, 6.45) is 4.25. The van der Waals surface area contributed by atoms with Gasteiger partial charge >= 0.3 is 0 Å². The van der Waals surface area contributed by atoms with Crippen molar-refractivity contribution < 1.29 is 17.2 Å². The molecule has 0 unspecified atom stereocenters. The van der Waals surface area contributed by atoms with E-state index < -0.39 is 26.4 Å². The lowest BCUT2D eigenvalue weighted by molar-refractivity contribution is 0.552. The number of halogens is 2. The van der Waals surface area contributed by atoms with Crippen LogP contribution in [0.15, 0.2) is 59.2 Å². The van der Waals surface area contributed by atoms with Crippen molar-refractivity contribution >= 4 is 44.4 Å². The molecule has 0 spiro atoms. The Hall–Kier alpha value is -3.86. The number of nitrogens with one attached hydrogen (secondary N) is 3. The molecule has 0 atom stereocenters. The van der Waals surface area contributed by atoms with Gasteiger partial charge in [0.15, 0.2) is 0 Å². The summed E-state index contributed by atoms with van der Waals surface area (Å²) in [6.45, 7) is 0. The van der Waals surface area contributed by atoms with Crippen molar-refractivity contribution in [1.82, 2.24) is 19.9 Å². The summed E-state index contributed by atoms with van der Waals surface area (Å²) in [5.74, 6) is -1.39. The monoisotopic (exact) mass is 442 g/mol. The Kier molecular flexibility index (Phi) is 5.34. The Morgan fingerprint density at radius 1 is 1.10 bits per heavy atom. The van der Waals surface area contributed by atoms with Crippen LogP contribution in [0.1, 0.15) is 5.56 Å². The molecule has 8 nitrogen and oxygen atoms in total. The summed E-state index contributed by atoms with van der Waals surface area (Å²) in [5.41, 5.74) is 2.75. The van der Waals surface area contributed by atoms with Crippen LogP contribution in [-0.2, 0) is 9.84 Å². The largest absolute Gasteiger partial charge is 0.372 e. The molecule has 0 saturated heterocycles. The molecular weight excluding hydrogens is 426 g/mol. The predicted octanol–water partition coefficient (Wildman–Crippen LogP) is 3.86. The van der Waals surface area contributed by atoms with E-state index in [-0.39, 0.29) is 5.95 Å². The van der Waals surface area contributed by atoms with E-state index in [1.165, 1.54) is 12.3 Å². The maximum absolute atomic E-state index is 13.8. The second kappa shape index (κ2) is 8.11. The van der Waals surface area contributed by atoms with Gasteiger partial charge in [-0.3, -0.25) is 0 Å². The van der Waals surface area contributed by atoms with E-state index in [0.717, 1.165) is 34.3 Å². The Morgan fingerprint density at radius 2 is 1.94 bits per heavy atom. The summed E-state index contributed by atoms with van der Waals surface area (Å²) in [4.78, 5) is 15.1. The van der Waals surface area contributed by atoms with Crippen molar-refractivity contribution in [2.45, 2.75) is 4.90 Å². The van der Waals surface area contributed by atoms with Gasteiger partial charge in [-0.05, 0) is 36.4 Å². The summed E-state index contributed by atoms with van der Waals surface area (Å²) in [6, 6.07) is 7.80. The first kappa shape index (κ1) is 20.4. The van der Waals surface area contributed by atoms with Gasteiger partial charge in [-0.25, -0.2) is 27.2 Å². The Bertz CT molecular complexity index is 1400. The average Bonchev–Trinajstić information content (AvgIpc) is 3.20. The van der Waals surface area contributed by atoms with Gasteiger partial charge in [0, 0.05) is 36.0 Å². The molecular formula is C20H16F2N6O2S. The van der Waals surface area contributed by atoms with Gasteiger partial charge in [-0.1, -0.05) is 0 Å². The normalized spacial score (nSPS) is 11.8. The number of hydrogen-bond acceptors (Lipinski definition) is 7. The molecule has 31 heavy (non-hydrogen) atoms. The zero-order valence-corrected chi connectivity index (χ0v) is 16.9. The fourth-order valence-electron chi connectivity index (χ4n) is 2.85. The number of anilines is 3. The van der Waals surface area contributed by atoms with Crippen molar-refractivity contribution in [3.63, 3.8) is 0 Å². The number of rotatable bonds is 6. The SMILES string of the molecule is CNc1nc(Nc2ccc3[nH]cnc3c2)ncc1C=CS(=O)(=O)c1ccc(F)cc1F. The maximum Gasteiger partial charge on any atom is 0.229 e. The lowest BCUT2D eigenvalue weighted by Gasteiger charge is -2.09. The van der Waals surface area contributed by atoms with Crippen LogP contribution < -0.4 is 10.6 Å². The number of imidazole rings is 1. The maximum atomic E-state index is 13.8. The van der Waals surface area contributed by atoms with Crippen LogP contribution in [0.5, 0.6) is 0 Å². The molecule has 0 aliphatic heterocycles. The number of nitrogens with zero attached hydrogens (tertiary/aromatic N) is 3. The highest BCUT2D eigenvalue weighted by molar-refractivity contribution is 7.94. The summed E-state index contributed by atoms with van der Waals surface area (Å²) in [5, 5.41) is 6.74. The predicted molar refractivity (Wildman–Crippen MR) is 114 cm³/mol. The molecule has 0 fully saturated rings. The van der Waals surface area contributed by atoms with E-state index in [1.807, 2.05) is 18.2 Å². The van der Waals surface area contributed by atoms with Gasteiger partial charge in [-0.15, -0.1) is 0 Å². The van der Waals surface area contributed by atoms with Crippen LogP contribution in [0.2, 0.25) is 0 Å². The fourth-order valence-corrected chi connectivity index (χ4v) is 3.92. The fraction of sp³-hybridized carbons (Fsp3) is 0.0500. The Labute approximate surface area is 176 Å². The van der Waals surface area contributed by atoms with E-state index in [1.54, 1.807) is 13.4 Å². The zero-order valence-electron chi connectivity index (χ0n) is 16.1. The Morgan fingerprint density at radius 3 is 2.71 bits per heavy atom. The molecule has 4 rings (SSSR count). The first-order chi connectivity index (χ1) is 14.9. The molecule has 2 aromatic heterocycles. The van der Waals surface area contributed by atoms with Crippen molar-refractivity contribution in [3.8, 4) is 0 Å². The number of benzene rings is 2. The molecule has 0 aliphatic rings. The summed E-state index contributed by atoms with van der Waals surface area (Å²) < 4.78 is 51.7. The third-order valence-electron chi connectivity index (χ3n) is 4.36. The van der Waals surface area contributed by atoms with E-state index in [2.05, 4.69) is 30.6 Å². The topological polar surface area (TPSA) is 113 Å². The van der Waals surface area contributed by atoms with Crippen LogP contribution in [-0.4, -0.2) is 35.4 Å². The van der Waals surface area contributed by atoms with Gasteiger partial charge in [0.25, 0.3) is 0 Å². The van der Waals surface area contributed by atoms with Crippen LogP contribution in [0.3, 0.4) is 0 Å². The third-order valence-corrected chi connectivity index (χ3v) is 5.80. The number of aromatic amines is 1. The minimum atomic E-state index is -4.14. The second-order valence-electron chi connectivity index (χ2n) is 6.43. The number of H-pyrrole nitrogens is 1. The van der Waals surface area contributed by atoms with E-state index >= 15 is 0 Å². The van der Waals surface area contributed by atoms with E-state index in [4.69, 9.17) is 0 Å². The van der Waals surface area contributed by atoms with Gasteiger partial charge in [0.2, 0.25) is 15.8 Å². The van der Waals surface area contributed by atoms with Gasteiger partial charge in [-0.2, -0.15) is 4.98 Å². The zero-order chi connectivity index (χ0) is 22.0. The highest BCUT2D eigenvalue weighted by Gasteiger charge is 2.17. The molecule has 0 bridgehead atoms. The molecule has 11 heteroatoms. The molecule has 2 aromatic carbocycles. The van der Waals surface area contributed by atoms with Crippen molar-refractivity contribution in [2.24, 2.45) is 0 Å². The highest BCUT2D eigenvalue weighted by Crippen LogP contribution is 2.23. The molecule has 0 amide bonds. The van der Waals surface area contributed by atoms with Gasteiger partial charge in [0.1, 0.15) is 22.3 Å². The summed E-state index contributed by atoms with van der Waals surface area (Å²) >= 11 is 0. The number of fused-ring (bicyclic) bond motifs is 1. The molecule has 158 valence electrons. The van der Waals surface area contributed by atoms with Crippen molar-refractivity contribution in [1.29, 1.82) is 0 Å². The Balaban J connectivity index is 1.59. The number of sulfone groups is 1. The highest BCUT2D eigenvalue weighted by atomic mass is 32.2. The smallest absolute Gasteiger partial charge is 0.229 e. The van der Waals surface area contributed by atoms with Crippen LogP contribution in [0, 0.1) is 11.6 Å².